The SMILES string of the molecule is CC(C)[C@@H](C(=O)O)N1CCC[C@H]1C12CC(c3ccccc3)(C1)C2. The van der Waals surface area contributed by atoms with Crippen LogP contribution < -0.4 is 0 Å². The van der Waals surface area contributed by atoms with E-state index in [2.05, 4.69) is 35.2 Å². The maximum Gasteiger partial charge on any atom is 0.321 e. The Balaban J connectivity index is 1.51. The van der Waals surface area contributed by atoms with Crippen molar-refractivity contribution in [1.82, 2.24) is 4.90 Å². The summed E-state index contributed by atoms with van der Waals surface area (Å²) in [7, 11) is 0. The molecule has 0 spiro atoms. The van der Waals surface area contributed by atoms with Crippen molar-refractivity contribution >= 4 is 5.97 Å². The molecule has 5 rings (SSSR count). The van der Waals surface area contributed by atoms with Crippen LogP contribution in [0.5, 0.6) is 0 Å². The second kappa shape index (κ2) is 5.07. The van der Waals surface area contributed by atoms with E-state index in [0.29, 0.717) is 16.9 Å². The number of benzene rings is 1. The Morgan fingerprint density at radius 1 is 1.22 bits per heavy atom. The zero-order chi connectivity index (χ0) is 16.2. The van der Waals surface area contributed by atoms with Gasteiger partial charge in [-0.15, -0.1) is 0 Å². The molecule has 1 aromatic rings. The Morgan fingerprint density at radius 2 is 1.87 bits per heavy atom. The van der Waals surface area contributed by atoms with Gasteiger partial charge in [0.1, 0.15) is 6.04 Å². The van der Waals surface area contributed by atoms with Crippen LogP contribution in [0.2, 0.25) is 0 Å². The minimum absolute atomic E-state index is 0.170. The van der Waals surface area contributed by atoms with Gasteiger partial charge < -0.3 is 5.11 Å². The van der Waals surface area contributed by atoms with Crippen molar-refractivity contribution in [3.63, 3.8) is 0 Å². The number of aliphatic carboxylic acids is 1. The van der Waals surface area contributed by atoms with E-state index in [1.165, 1.54) is 31.2 Å². The first-order valence-corrected chi connectivity index (χ1v) is 9.02. The summed E-state index contributed by atoms with van der Waals surface area (Å²) in [6, 6.07) is 11.1. The molecule has 0 aromatic heterocycles. The van der Waals surface area contributed by atoms with E-state index >= 15 is 0 Å². The van der Waals surface area contributed by atoms with Crippen LogP contribution in [0.4, 0.5) is 0 Å². The second-order valence-electron chi connectivity index (χ2n) is 8.46. The van der Waals surface area contributed by atoms with E-state index in [0.717, 1.165) is 13.0 Å². The number of rotatable bonds is 5. The molecule has 4 aliphatic rings. The largest absolute Gasteiger partial charge is 0.480 e. The molecule has 0 unspecified atom stereocenters. The Morgan fingerprint density at radius 3 is 2.43 bits per heavy atom. The highest BCUT2D eigenvalue weighted by atomic mass is 16.4. The lowest BCUT2D eigenvalue weighted by molar-refractivity contribution is -0.192. The molecule has 1 saturated heterocycles. The third-order valence-corrected chi connectivity index (χ3v) is 6.70. The summed E-state index contributed by atoms with van der Waals surface area (Å²) < 4.78 is 0. The molecular weight excluding hydrogens is 286 g/mol. The predicted molar refractivity (Wildman–Crippen MR) is 90.4 cm³/mol. The van der Waals surface area contributed by atoms with Crippen molar-refractivity contribution in [2.24, 2.45) is 11.3 Å². The van der Waals surface area contributed by atoms with Crippen LogP contribution in [0.25, 0.3) is 0 Å². The molecule has 2 bridgehead atoms. The molecule has 3 aliphatic carbocycles. The standard InChI is InChI=1S/C20H27NO2/c1-14(2)17(18(22)23)21-10-6-9-16(21)20-11-19(12-20,13-20)15-7-4-3-5-8-15/h3-5,7-8,14,16-17H,6,9-13H2,1-2H3,(H,22,23)/t16-,17-,19?,20?/m0/s1. The quantitative estimate of drug-likeness (QED) is 0.901. The Kier molecular flexibility index (Phi) is 3.35. The molecule has 1 aliphatic heterocycles. The molecule has 4 fully saturated rings. The topological polar surface area (TPSA) is 40.5 Å². The first-order valence-electron chi connectivity index (χ1n) is 9.02. The van der Waals surface area contributed by atoms with Gasteiger partial charge >= 0.3 is 5.97 Å². The maximum absolute atomic E-state index is 11.8. The fourth-order valence-corrected chi connectivity index (χ4v) is 5.91. The normalized spacial score (nSPS) is 37.3. The smallest absolute Gasteiger partial charge is 0.321 e. The third-order valence-electron chi connectivity index (χ3n) is 6.70. The Labute approximate surface area is 138 Å². The van der Waals surface area contributed by atoms with Gasteiger partial charge in [-0.3, -0.25) is 9.69 Å². The second-order valence-corrected chi connectivity index (χ2v) is 8.46. The zero-order valence-electron chi connectivity index (χ0n) is 14.2. The summed E-state index contributed by atoms with van der Waals surface area (Å²) in [6.45, 7) is 5.04. The van der Waals surface area contributed by atoms with Crippen LogP contribution in [0.1, 0.15) is 51.5 Å². The van der Waals surface area contributed by atoms with E-state index in [-0.39, 0.29) is 12.0 Å². The number of hydrogen-bond donors (Lipinski definition) is 1. The number of carboxylic acid groups (broad SMARTS) is 1. The number of nitrogens with zero attached hydrogens (tertiary/aromatic N) is 1. The molecular formula is C20H27NO2. The van der Waals surface area contributed by atoms with Gasteiger partial charge in [0.15, 0.2) is 0 Å². The van der Waals surface area contributed by atoms with Crippen molar-refractivity contribution in [1.29, 1.82) is 0 Å². The maximum atomic E-state index is 11.8. The average molecular weight is 313 g/mol. The lowest BCUT2D eigenvalue weighted by atomic mass is 9.31. The van der Waals surface area contributed by atoms with E-state index in [1.54, 1.807) is 0 Å². The highest BCUT2D eigenvalue weighted by Gasteiger charge is 2.72. The minimum atomic E-state index is -0.642. The number of carbonyl (C=O) groups is 1. The fraction of sp³-hybridized carbons (Fsp3) is 0.650. The lowest BCUT2D eigenvalue weighted by Crippen LogP contribution is -2.72. The highest BCUT2D eigenvalue weighted by Crippen LogP contribution is 2.76. The average Bonchev–Trinajstić information content (AvgIpc) is 2.85. The van der Waals surface area contributed by atoms with E-state index in [9.17, 15) is 9.90 Å². The third kappa shape index (κ3) is 2.09. The monoisotopic (exact) mass is 313 g/mol. The van der Waals surface area contributed by atoms with Crippen molar-refractivity contribution in [3.8, 4) is 0 Å². The van der Waals surface area contributed by atoms with E-state index in [1.807, 2.05) is 13.8 Å². The predicted octanol–water partition coefficient (Wildman–Crippen LogP) is 3.68. The fourth-order valence-electron chi connectivity index (χ4n) is 5.91. The van der Waals surface area contributed by atoms with Crippen LogP contribution in [0.3, 0.4) is 0 Å². The first-order chi connectivity index (χ1) is 11.0. The molecule has 1 N–H and O–H groups in total. The van der Waals surface area contributed by atoms with Crippen molar-refractivity contribution in [2.75, 3.05) is 6.54 Å². The van der Waals surface area contributed by atoms with Gasteiger partial charge in [-0.05, 0) is 61.0 Å². The van der Waals surface area contributed by atoms with Gasteiger partial charge in [-0.2, -0.15) is 0 Å². The van der Waals surface area contributed by atoms with Crippen LogP contribution in [0.15, 0.2) is 30.3 Å². The molecule has 3 nitrogen and oxygen atoms in total. The van der Waals surface area contributed by atoms with Crippen LogP contribution >= 0.6 is 0 Å². The molecule has 3 heteroatoms. The van der Waals surface area contributed by atoms with Gasteiger partial charge in [-0.1, -0.05) is 44.2 Å². The van der Waals surface area contributed by atoms with E-state index < -0.39 is 5.97 Å². The zero-order valence-corrected chi connectivity index (χ0v) is 14.2. The lowest BCUT2D eigenvalue weighted by Gasteiger charge is -2.74. The summed E-state index contributed by atoms with van der Waals surface area (Å²) >= 11 is 0. The van der Waals surface area contributed by atoms with Gasteiger partial charge in [0.25, 0.3) is 0 Å². The number of hydrogen-bond acceptors (Lipinski definition) is 2. The summed E-state index contributed by atoms with van der Waals surface area (Å²) in [4.78, 5) is 14.1. The molecule has 0 amide bonds. The molecule has 1 heterocycles. The van der Waals surface area contributed by atoms with E-state index in [4.69, 9.17) is 0 Å². The molecule has 2 atom stereocenters. The molecule has 1 aromatic carbocycles. The molecule has 23 heavy (non-hydrogen) atoms. The molecule has 124 valence electrons. The molecule has 3 saturated carbocycles. The van der Waals surface area contributed by atoms with Gasteiger partial charge in [0, 0.05) is 6.04 Å². The first kappa shape index (κ1) is 15.2. The van der Waals surface area contributed by atoms with Gasteiger partial charge in [-0.25, -0.2) is 0 Å². The Bertz CT molecular complexity index is 590. The van der Waals surface area contributed by atoms with Crippen LogP contribution in [0, 0.1) is 11.3 Å². The number of likely N-dealkylation sites (tertiary alicyclic amines) is 1. The van der Waals surface area contributed by atoms with Crippen LogP contribution in [-0.4, -0.2) is 34.6 Å². The van der Waals surface area contributed by atoms with Crippen LogP contribution in [-0.2, 0) is 10.2 Å². The Hall–Kier alpha value is -1.35. The van der Waals surface area contributed by atoms with Gasteiger partial charge in [0.2, 0.25) is 0 Å². The van der Waals surface area contributed by atoms with Crippen molar-refractivity contribution in [3.05, 3.63) is 35.9 Å². The molecule has 0 radical (unpaired) electrons. The highest BCUT2D eigenvalue weighted by molar-refractivity contribution is 5.74. The summed E-state index contributed by atoms with van der Waals surface area (Å²) in [5.41, 5.74) is 2.30. The number of carboxylic acids is 1. The van der Waals surface area contributed by atoms with Crippen molar-refractivity contribution < 1.29 is 9.90 Å². The summed E-state index contributed by atoms with van der Waals surface area (Å²) in [5, 5.41) is 9.68. The minimum Gasteiger partial charge on any atom is -0.480 e. The van der Waals surface area contributed by atoms with Crippen molar-refractivity contribution in [2.45, 2.75) is 63.5 Å². The summed E-state index contributed by atoms with van der Waals surface area (Å²) in [6.07, 6.45) is 6.11. The summed E-state index contributed by atoms with van der Waals surface area (Å²) in [5.74, 6) is -0.472. The van der Waals surface area contributed by atoms with Gasteiger partial charge in [0.05, 0.1) is 0 Å².